The molecular formula is C97H98BBr2F15KN3O19. The van der Waals surface area contributed by atoms with Gasteiger partial charge in [-0.2, -0.15) is 52.7 Å². The molecule has 7 aliphatic heterocycles. The molecule has 0 bridgehead atoms. The van der Waals surface area contributed by atoms with Gasteiger partial charge in [-0.25, -0.2) is 0 Å². The molecule has 19 rings (SSSR count). The molecule has 738 valence electrons. The number of hydrogen-bond acceptors (Lipinski definition) is 20. The summed E-state index contributed by atoms with van der Waals surface area (Å²) in [7, 11) is 2.80. The third-order valence-electron chi connectivity index (χ3n) is 25.5. The van der Waals surface area contributed by atoms with Crippen LogP contribution in [0.15, 0.2) is 130 Å². The van der Waals surface area contributed by atoms with Crippen LogP contribution in [0.25, 0.3) is 0 Å². The molecule has 0 aromatic heterocycles. The summed E-state index contributed by atoms with van der Waals surface area (Å²) in [6.45, 7) is 10.1. The van der Waals surface area contributed by atoms with E-state index in [0.29, 0.717) is 199 Å². The van der Waals surface area contributed by atoms with Crippen molar-refractivity contribution in [1.29, 1.82) is 0 Å². The number of carboxylic acid groups (broad SMARTS) is 2. The fourth-order valence-corrected chi connectivity index (χ4v) is 20.3. The van der Waals surface area contributed by atoms with Gasteiger partial charge in [0, 0.05) is 118 Å². The number of methoxy groups -OCH3 is 2. The van der Waals surface area contributed by atoms with Crippen molar-refractivity contribution in [1.82, 2.24) is 14.7 Å². The molecule has 138 heavy (non-hydrogen) atoms. The number of halogens is 17. The second-order valence-electron chi connectivity index (χ2n) is 34.2. The molecule has 8 atom stereocenters. The van der Waals surface area contributed by atoms with Crippen LogP contribution in [-0.4, -0.2) is 176 Å². The van der Waals surface area contributed by atoms with E-state index in [2.05, 4.69) is 38.9 Å². The van der Waals surface area contributed by atoms with Crippen molar-refractivity contribution < 1.29 is 208 Å². The van der Waals surface area contributed by atoms with Gasteiger partial charge in [-0.15, -0.1) is 0 Å². The van der Waals surface area contributed by atoms with Crippen molar-refractivity contribution in [2.45, 2.75) is 163 Å². The number of carbonyl (C=O) groups is 4. The molecule has 2 N–H and O–H groups in total. The molecule has 11 aliphatic rings. The largest absolute Gasteiger partial charge is 1.00 e. The summed E-state index contributed by atoms with van der Waals surface area (Å²) in [6.07, 6.45) is -14.1. The molecule has 7 heterocycles. The summed E-state index contributed by atoms with van der Waals surface area (Å²) in [6, 6.07) is 32.2. The average molecular weight is 2100 g/mol. The standard InChI is InChI=1S/C26H28F3NO5.C25H26F3NO5.C21H18BrF3O4.C20H16BrF3O4.C5H10NO.BF3.K/c1-32-25(31)12-16-15-34-24-13-17(2-3-18(16)24)35-23-7-5-19-20(23)4-6-22(26(27,28)29)21(19)14-30-8-10-33-11-9-30;26-25(27,28)21-5-3-19-18(20(21)13-29-7-9-32-10-8-29)4-6-22(19)34-16-1-2-17-15(11-24(30)31)14-33-23(17)12-16;1-27-19(26)8-11-10-28-18-9-12(2-3-13(11)18)29-17-7-5-15-14(17)4-6-16(20(15)22)21(23,24)25;21-19-14-4-6-16(13(14)3-5-15(19)20(22,23)24)28-11-1-2-12-10(7-18(25)26)9-27-17(12)8-11;1-6-2-4-7-5-3-6;2-1(3)4;/h2-4,6,13,16,23H,5,7-12,14-15H2,1H3;1-3,5,12,15,22H,4,6-11,13-14H2,(H,30,31);2-4,6,9,11,17H,5,7-8,10H2,1H3;1-3,5,8,10,16H,4,6-7,9H2,(H,25,26);1-5H2;;/q;;;;-1;;+1/t16-,23-;15-,22-;11-,17-;10-,16-;;;/m1111.../s1. The van der Waals surface area contributed by atoms with E-state index in [1.165, 1.54) is 38.5 Å². The van der Waals surface area contributed by atoms with E-state index in [1.807, 2.05) is 39.0 Å². The second-order valence-corrected chi connectivity index (χ2v) is 35.8. The van der Waals surface area contributed by atoms with Gasteiger partial charge in [-0.1, -0.05) is 48.5 Å². The van der Waals surface area contributed by atoms with Gasteiger partial charge >= 0.3 is 108 Å². The summed E-state index contributed by atoms with van der Waals surface area (Å²) in [5.41, 5.74) is 7.57. The van der Waals surface area contributed by atoms with Gasteiger partial charge in [-0.05, 0) is 200 Å². The first kappa shape index (κ1) is 107. The first-order chi connectivity index (χ1) is 65.3. The minimum Gasteiger partial charge on any atom is -0.492 e. The van der Waals surface area contributed by atoms with Gasteiger partial charge in [0.1, 0.15) is 70.4 Å². The fraction of sp³-hybridized carbons (Fsp3) is 0.454. The minimum absolute atomic E-state index is 0. The maximum Gasteiger partial charge on any atom is 1.00 e. The number of esters is 2. The van der Waals surface area contributed by atoms with Crippen LogP contribution in [0.2, 0.25) is 0 Å². The van der Waals surface area contributed by atoms with Crippen LogP contribution < -0.4 is 89.3 Å². The van der Waals surface area contributed by atoms with E-state index in [9.17, 15) is 84.8 Å². The average Bonchev–Trinajstić information content (AvgIpc) is 1.49. The molecule has 0 spiro atoms. The molecule has 0 radical (unpaired) electrons. The summed E-state index contributed by atoms with van der Waals surface area (Å²) in [5.74, 6) is 1.93. The van der Waals surface area contributed by atoms with Crippen LogP contribution in [0.5, 0.6) is 46.0 Å². The van der Waals surface area contributed by atoms with Crippen molar-refractivity contribution in [2.75, 3.05) is 120 Å². The Morgan fingerprint density at radius 2 is 0.630 bits per heavy atom. The van der Waals surface area contributed by atoms with Crippen LogP contribution in [0.3, 0.4) is 0 Å². The van der Waals surface area contributed by atoms with E-state index < -0.39 is 66.4 Å². The zero-order valence-electron chi connectivity index (χ0n) is 75.3. The molecule has 3 saturated heterocycles. The van der Waals surface area contributed by atoms with Gasteiger partial charge in [0.2, 0.25) is 0 Å². The van der Waals surface area contributed by atoms with E-state index in [1.54, 1.807) is 60.7 Å². The maximum atomic E-state index is 13.9. The smallest absolute Gasteiger partial charge is 0.492 e. The molecule has 4 aliphatic carbocycles. The number of fused-ring (bicyclic) bond motifs is 8. The molecule has 22 nitrogen and oxygen atoms in total. The van der Waals surface area contributed by atoms with Crippen LogP contribution in [0, 0.1) is 7.05 Å². The quantitative estimate of drug-likeness (QED) is 0.0312. The van der Waals surface area contributed by atoms with Gasteiger partial charge in [0.15, 0.2) is 0 Å². The number of carboxylic acids is 2. The topological polar surface area (TPSA) is 238 Å². The van der Waals surface area contributed by atoms with Crippen molar-refractivity contribution in [3.05, 3.63) is 237 Å². The number of aliphatic carboxylic acids is 2. The number of nitrogens with zero attached hydrogens (tertiary/aromatic N) is 3. The number of morpholine rings is 3. The Morgan fingerprint density at radius 3 is 0.884 bits per heavy atom. The van der Waals surface area contributed by atoms with Gasteiger partial charge < -0.3 is 76.7 Å². The molecule has 0 unspecified atom stereocenters. The number of ether oxygens (including phenoxy) is 13. The molecule has 8 aromatic rings. The van der Waals surface area contributed by atoms with Crippen molar-refractivity contribution in [2.24, 2.45) is 0 Å². The Bertz CT molecular complexity index is 5630. The Labute approximate surface area is 845 Å². The predicted molar refractivity (Wildman–Crippen MR) is 473 cm³/mol. The predicted octanol–water partition coefficient (Wildman–Crippen LogP) is 18.2. The van der Waals surface area contributed by atoms with Crippen molar-refractivity contribution in [3.8, 4) is 46.0 Å². The van der Waals surface area contributed by atoms with Gasteiger partial charge in [0.25, 0.3) is 0 Å². The van der Waals surface area contributed by atoms with Crippen LogP contribution in [0.4, 0.5) is 65.6 Å². The van der Waals surface area contributed by atoms with E-state index >= 15 is 0 Å². The summed E-state index contributed by atoms with van der Waals surface area (Å²) in [4.78, 5) is 51.2. The molecule has 41 heteroatoms. The zero-order valence-corrected chi connectivity index (χ0v) is 81.6. The second kappa shape index (κ2) is 47.1. The monoisotopic (exact) mass is 2100 g/mol. The SMILES string of the molecule is COC(=O)C[C@@H]1COc2cc(O[C@@H]3CCc4c3ccc(C(F)(F)F)c4Br)ccc21.COC(=O)C[C@@H]1COc2cc(O[C@@H]3CCc4c3ccc(C(F)(F)F)c4CN3CCOCC3)ccc21.FB(F)F.O=C(O)C[C@@H]1COc2cc(O[C@@H]3CCc4c3ccc(C(F)(F)F)c4Br)ccc21.O=C(O)C[C@@H]1COc2cc(O[C@@H]3CCc4c3ccc(C(F)(F)F)c4CN3CCOCC3)ccc21.[CH2-]N1CCOCC1.[K+]. The van der Waals surface area contributed by atoms with Crippen LogP contribution in [-0.2, 0) is 106 Å². The number of rotatable bonds is 20. The summed E-state index contributed by atoms with van der Waals surface area (Å²) in [5, 5.41) is 18.0. The molecule has 0 amide bonds. The van der Waals surface area contributed by atoms with E-state index in [0.717, 1.165) is 94.1 Å². The Balaban J connectivity index is 0.000000149. The molecule has 0 saturated carbocycles. The first-order valence-corrected chi connectivity index (χ1v) is 46.0. The third kappa shape index (κ3) is 26.8. The first-order valence-electron chi connectivity index (χ1n) is 44.4. The molecule has 3 fully saturated rings. The Kier molecular flexibility index (Phi) is 36.4. The number of benzene rings is 8. The number of hydrogen-bond donors (Lipinski definition) is 2. The van der Waals surface area contributed by atoms with Gasteiger partial charge in [0.05, 0.1) is 128 Å². The maximum absolute atomic E-state index is 13.9. The number of alkyl halides is 12. The fourth-order valence-electron chi connectivity index (χ4n) is 18.8. The van der Waals surface area contributed by atoms with Gasteiger partial charge in [-0.3, -0.25) is 49.0 Å². The molecule has 8 aromatic carbocycles. The Morgan fingerprint density at radius 1 is 0.384 bits per heavy atom. The van der Waals surface area contributed by atoms with E-state index in [-0.39, 0.29) is 159 Å². The van der Waals surface area contributed by atoms with Crippen LogP contribution in [0.1, 0.15) is 200 Å². The number of carbonyl (C=O) groups excluding carboxylic acids is 2. The Hall–Kier alpha value is -8.59. The van der Waals surface area contributed by atoms with E-state index in [4.69, 9.17) is 71.8 Å². The van der Waals surface area contributed by atoms with Crippen molar-refractivity contribution in [3.63, 3.8) is 0 Å². The van der Waals surface area contributed by atoms with Crippen molar-refractivity contribution >= 4 is 63.3 Å². The third-order valence-corrected chi connectivity index (χ3v) is 27.3. The van der Waals surface area contributed by atoms with Crippen LogP contribution >= 0.6 is 31.9 Å². The normalized spacial score (nSPS) is 20.8. The molecular weight excluding hydrogens is 2010 g/mol. The zero-order chi connectivity index (χ0) is 98.0. The summed E-state index contributed by atoms with van der Waals surface area (Å²) >= 11 is 6.22. The minimum atomic E-state index is -4.42. The summed E-state index contributed by atoms with van der Waals surface area (Å²) < 4.78 is 263.